The van der Waals surface area contributed by atoms with E-state index in [9.17, 15) is 9.59 Å². The summed E-state index contributed by atoms with van der Waals surface area (Å²) >= 11 is 1.85. The van der Waals surface area contributed by atoms with E-state index in [1.54, 1.807) is 23.1 Å². The zero-order valence-electron chi connectivity index (χ0n) is 18.6. The molecule has 1 unspecified atom stereocenters. The van der Waals surface area contributed by atoms with Crippen molar-refractivity contribution in [1.29, 1.82) is 0 Å². The maximum absolute atomic E-state index is 12.9. The Morgan fingerprint density at radius 2 is 2.00 bits per heavy atom. The second-order valence-corrected chi connectivity index (χ2v) is 9.19. The first kappa shape index (κ1) is 23.1. The molecule has 8 heteroatoms. The molecule has 3 rings (SSSR count). The average molecular weight is 447 g/mol. The van der Waals surface area contributed by atoms with E-state index in [1.165, 1.54) is 24.0 Å². The van der Waals surface area contributed by atoms with Gasteiger partial charge in [0.15, 0.2) is 18.1 Å². The molecule has 1 aliphatic heterocycles. The minimum Gasteiger partial charge on any atom is -0.493 e. The van der Waals surface area contributed by atoms with Crippen LogP contribution in [0.4, 0.5) is 0 Å². The summed E-state index contributed by atoms with van der Waals surface area (Å²) in [5, 5.41) is 0. The third kappa shape index (κ3) is 6.21. The maximum Gasteiger partial charge on any atom is 0.343 e. The molecule has 1 amide bonds. The first-order valence-corrected chi connectivity index (χ1v) is 11.1. The number of nitrogens with zero attached hydrogens (tertiary/aromatic N) is 2. The Bertz CT molecular complexity index is 913. The highest BCUT2D eigenvalue weighted by Gasteiger charge is 2.26. The monoisotopic (exact) mass is 446 g/mol. The topological polar surface area (TPSA) is 68.3 Å². The van der Waals surface area contributed by atoms with Crippen LogP contribution in [0, 0.1) is 12.8 Å². The molecule has 1 aliphatic rings. The van der Waals surface area contributed by atoms with E-state index in [0.717, 1.165) is 26.1 Å². The lowest BCUT2D eigenvalue weighted by atomic mass is 10.1. The molecule has 0 N–H and O–H groups in total. The minimum atomic E-state index is -0.484. The smallest absolute Gasteiger partial charge is 0.343 e. The number of carbonyl (C=O) groups is 2. The molecule has 0 spiro atoms. The molecule has 168 valence electrons. The van der Waals surface area contributed by atoms with Crippen LogP contribution in [-0.2, 0) is 16.1 Å². The number of likely N-dealkylation sites (tertiary alicyclic amines) is 1. The van der Waals surface area contributed by atoms with Gasteiger partial charge in [-0.25, -0.2) is 4.79 Å². The van der Waals surface area contributed by atoms with Crippen LogP contribution in [0.25, 0.3) is 0 Å². The lowest BCUT2D eigenvalue weighted by Crippen LogP contribution is -2.33. The molecule has 0 saturated carbocycles. The molecule has 1 saturated heterocycles. The average Bonchev–Trinajstić information content (AvgIpc) is 3.39. The van der Waals surface area contributed by atoms with Crippen LogP contribution < -0.4 is 9.47 Å². The van der Waals surface area contributed by atoms with E-state index < -0.39 is 5.97 Å². The number of methoxy groups -OCH3 is 2. The molecule has 1 fully saturated rings. The van der Waals surface area contributed by atoms with Gasteiger partial charge < -0.3 is 19.1 Å². The van der Waals surface area contributed by atoms with E-state index in [1.807, 2.05) is 18.4 Å². The van der Waals surface area contributed by atoms with Crippen molar-refractivity contribution in [2.24, 2.45) is 5.92 Å². The van der Waals surface area contributed by atoms with Gasteiger partial charge in [0.1, 0.15) is 0 Å². The van der Waals surface area contributed by atoms with Crippen molar-refractivity contribution >= 4 is 23.2 Å². The number of carbonyl (C=O) groups excluding carboxylic acids is 2. The van der Waals surface area contributed by atoms with E-state index in [4.69, 9.17) is 9.47 Å². The molecule has 31 heavy (non-hydrogen) atoms. The predicted molar refractivity (Wildman–Crippen MR) is 120 cm³/mol. The third-order valence-corrected chi connectivity index (χ3v) is 6.39. The summed E-state index contributed by atoms with van der Waals surface area (Å²) < 4.78 is 15.3. The summed E-state index contributed by atoms with van der Waals surface area (Å²) in [4.78, 5) is 31.2. The molecule has 0 bridgehead atoms. The lowest BCUT2D eigenvalue weighted by Gasteiger charge is -2.22. The van der Waals surface area contributed by atoms with Crippen LogP contribution in [0.15, 0.2) is 30.3 Å². The zero-order chi connectivity index (χ0) is 22.4. The van der Waals surface area contributed by atoms with Gasteiger partial charge in [0.2, 0.25) is 0 Å². The van der Waals surface area contributed by atoms with Crippen LogP contribution >= 0.6 is 11.3 Å². The normalized spacial score (nSPS) is 16.2. The molecule has 1 atom stereocenters. The molecule has 0 aliphatic carbocycles. The van der Waals surface area contributed by atoms with Crippen LogP contribution in [0.3, 0.4) is 0 Å². The molecule has 7 nitrogen and oxygen atoms in total. The number of hydrogen-bond donors (Lipinski definition) is 0. The van der Waals surface area contributed by atoms with E-state index in [0.29, 0.717) is 29.5 Å². The lowest BCUT2D eigenvalue weighted by molar-refractivity contribution is -0.142. The Kier molecular flexibility index (Phi) is 7.92. The first-order valence-electron chi connectivity index (χ1n) is 10.3. The Labute approximate surface area is 187 Å². The summed E-state index contributed by atoms with van der Waals surface area (Å²) in [6, 6.07) is 9.34. The molecule has 2 heterocycles. The van der Waals surface area contributed by atoms with Crippen molar-refractivity contribution in [3.8, 4) is 11.5 Å². The van der Waals surface area contributed by atoms with Gasteiger partial charge in [-0.1, -0.05) is 0 Å². The zero-order valence-corrected chi connectivity index (χ0v) is 19.4. The Balaban J connectivity index is 1.55. The van der Waals surface area contributed by atoms with Gasteiger partial charge in [0.25, 0.3) is 5.91 Å². The first-order chi connectivity index (χ1) is 14.9. The molecule has 1 aromatic carbocycles. The van der Waals surface area contributed by atoms with Crippen molar-refractivity contribution in [2.45, 2.75) is 19.9 Å². The fraction of sp³-hybridized carbons (Fsp3) is 0.478. The Hall–Kier alpha value is -2.58. The van der Waals surface area contributed by atoms with Gasteiger partial charge in [-0.05, 0) is 56.1 Å². The molecule has 1 aromatic heterocycles. The Morgan fingerprint density at radius 3 is 2.68 bits per heavy atom. The number of rotatable bonds is 9. The van der Waals surface area contributed by atoms with Crippen LogP contribution in [-0.4, -0.2) is 69.2 Å². The summed E-state index contributed by atoms with van der Waals surface area (Å²) in [5.41, 5.74) is 0.522. The number of benzene rings is 1. The third-order valence-electron chi connectivity index (χ3n) is 5.41. The van der Waals surface area contributed by atoms with Crippen LogP contribution in [0.2, 0.25) is 0 Å². The second-order valence-electron chi connectivity index (χ2n) is 7.82. The van der Waals surface area contributed by atoms with Crippen molar-refractivity contribution < 1.29 is 23.8 Å². The highest BCUT2D eigenvalue weighted by atomic mass is 32.1. The SMILES string of the molecule is COC(=O)COc1ccc(C(=O)N(C)CC2CCN(Cc3ccc(C)s3)C2)cc1OC. The fourth-order valence-electron chi connectivity index (χ4n) is 3.80. The van der Waals surface area contributed by atoms with Crippen LogP contribution in [0.1, 0.15) is 26.5 Å². The second kappa shape index (κ2) is 10.6. The standard InChI is InChI=1S/C23H30N2O5S/c1-16-5-7-19(31-16)14-25-10-9-17(13-25)12-24(2)23(27)18-6-8-20(21(11-18)28-3)30-15-22(26)29-4/h5-8,11,17H,9-10,12-15H2,1-4H3. The van der Waals surface area contributed by atoms with Crippen molar-refractivity contribution in [2.75, 3.05) is 47.5 Å². The van der Waals surface area contributed by atoms with Gasteiger partial charge in [0.05, 0.1) is 14.2 Å². The number of aryl methyl sites for hydroxylation is 1. The van der Waals surface area contributed by atoms with Crippen LogP contribution in [0.5, 0.6) is 11.5 Å². The van der Waals surface area contributed by atoms with Crippen molar-refractivity contribution in [3.63, 3.8) is 0 Å². The largest absolute Gasteiger partial charge is 0.493 e. The summed E-state index contributed by atoms with van der Waals surface area (Å²) in [7, 11) is 4.63. The minimum absolute atomic E-state index is 0.0647. The van der Waals surface area contributed by atoms with Gasteiger partial charge in [-0.2, -0.15) is 0 Å². The van der Waals surface area contributed by atoms with E-state index in [2.05, 4.69) is 28.7 Å². The number of hydrogen-bond acceptors (Lipinski definition) is 7. The number of thiophene rings is 1. The molecule has 2 aromatic rings. The summed E-state index contributed by atoms with van der Waals surface area (Å²) in [5.74, 6) is 0.704. The highest BCUT2D eigenvalue weighted by molar-refractivity contribution is 7.11. The molecular formula is C23H30N2O5S. The van der Waals surface area contributed by atoms with Gasteiger partial charge in [-0.3, -0.25) is 9.69 Å². The molecular weight excluding hydrogens is 416 g/mol. The number of esters is 1. The predicted octanol–water partition coefficient (Wildman–Crippen LogP) is 3.21. The quantitative estimate of drug-likeness (QED) is 0.551. The van der Waals surface area contributed by atoms with E-state index in [-0.39, 0.29) is 12.5 Å². The van der Waals surface area contributed by atoms with Gasteiger partial charge >= 0.3 is 5.97 Å². The maximum atomic E-state index is 12.9. The number of ether oxygens (including phenoxy) is 3. The number of amides is 1. The van der Waals surface area contributed by atoms with Gasteiger partial charge in [0, 0.05) is 42.0 Å². The molecule has 0 radical (unpaired) electrons. The Morgan fingerprint density at radius 1 is 1.19 bits per heavy atom. The summed E-state index contributed by atoms with van der Waals surface area (Å²) in [6.45, 7) is 5.66. The highest BCUT2D eigenvalue weighted by Crippen LogP contribution is 2.29. The van der Waals surface area contributed by atoms with Crippen molar-refractivity contribution in [3.05, 3.63) is 45.6 Å². The van der Waals surface area contributed by atoms with Gasteiger partial charge in [-0.15, -0.1) is 11.3 Å². The fourth-order valence-corrected chi connectivity index (χ4v) is 4.73. The summed E-state index contributed by atoms with van der Waals surface area (Å²) in [6.07, 6.45) is 1.09. The van der Waals surface area contributed by atoms with E-state index >= 15 is 0 Å². The van der Waals surface area contributed by atoms with Crippen molar-refractivity contribution in [1.82, 2.24) is 9.80 Å².